The molecule has 1 heterocycles. The number of fused-ring (bicyclic) bond motifs is 1. The average molecular weight is 327 g/mol. The Morgan fingerprint density at radius 2 is 1.79 bits per heavy atom. The molecule has 0 bridgehead atoms. The third-order valence-electron chi connectivity index (χ3n) is 3.45. The van der Waals surface area contributed by atoms with Gasteiger partial charge in [-0.3, -0.25) is 9.59 Å². The summed E-state index contributed by atoms with van der Waals surface area (Å²) in [6, 6.07) is 8.83. The van der Waals surface area contributed by atoms with Gasteiger partial charge in [0.05, 0.1) is 5.69 Å². The molecule has 2 aromatic rings. The molecule has 5 nitrogen and oxygen atoms in total. The van der Waals surface area contributed by atoms with E-state index in [4.69, 9.17) is 9.47 Å². The highest BCUT2D eigenvalue weighted by Crippen LogP contribution is 2.37. The average Bonchev–Trinajstić information content (AvgIpc) is 3.00. The molecule has 0 saturated carbocycles. The fraction of sp³-hybridized carbons (Fsp3) is 0.111. The molecular weight excluding hydrogens is 313 g/mol. The lowest BCUT2D eigenvalue weighted by Gasteiger charge is -2.09. The van der Waals surface area contributed by atoms with Gasteiger partial charge in [-0.2, -0.15) is 0 Å². The molecule has 0 unspecified atom stereocenters. The summed E-state index contributed by atoms with van der Waals surface area (Å²) in [5.74, 6) is -0.0206. The van der Waals surface area contributed by atoms with Crippen LogP contribution in [0.3, 0.4) is 0 Å². The highest BCUT2D eigenvalue weighted by molar-refractivity contribution is 6.08. The first-order valence-electron chi connectivity index (χ1n) is 7.22. The molecule has 2 aromatic carbocycles. The van der Waals surface area contributed by atoms with Gasteiger partial charge in [0.15, 0.2) is 17.3 Å². The molecule has 0 fully saturated rings. The lowest BCUT2D eigenvalue weighted by molar-refractivity contribution is -0.111. The summed E-state index contributed by atoms with van der Waals surface area (Å²) >= 11 is 0. The van der Waals surface area contributed by atoms with E-state index in [2.05, 4.69) is 5.32 Å². The minimum atomic E-state index is -0.416. The quantitative estimate of drug-likeness (QED) is 0.690. The van der Waals surface area contributed by atoms with Crippen molar-refractivity contribution in [2.75, 3.05) is 12.1 Å². The van der Waals surface area contributed by atoms with Crippen LogP contribution in [-0.2, 0) is 4.79 Å². The molecule has 6 heteroatoms. The number of carbonyl (C=O) groups is 2. The molecule has 0 atom stereocenters. The summed E-state index contributed by atoms with van der Waals surface area (Å²) in [7, 11) is 0. The first-order valence-corrected chi connectivity index (χ1v) is 7.22. The van der Waals surface area contributed by atoms with Crippen LogP contribution in [0, 0.1) is 5.82 Å². The van der Waals surface area contributed by atoms with Crippen LogP contribution < -0.4 is 14.8 Å². The Morgan fingerprint density at radius 1 is 1.12 bits per heavy atom. The van der Waals surface area contributed by atoms with Crippen LogP contribution in [0.15, 0.2) is 42.5 Å². The second-order valence-corrected chi connectivity index (χ2v) is 5.18. The van der Waals surface area contributed by atoms with E-state index in [0.717, 1.165) is 0 Å². The van der Waals surface area contributed by atoms with Gasteiger partial charge in [0, 0.05) is 17.7 Å². The summed E-state index contributed by atoms with van der Waals surface area (Å²) < 4.78 is 23.3. The van der Waals surface area contributed by atoms with Gasteiger partial charge in [0.2, 0.25) is 12.7 Å². The number of Topliss-reactive ketones (excluding diaryl/α,β-unsaturated/α-hetero) is 1. The topological polar surface area (TPSA) is 64.6 Å². The van der Waals surface area contributed by atoms with Gasteiger partial charge in [-0.25, -0.2) is 4.39 Å². The molecule has 1 N–H and O–H groups in total. The fourth-order valence-electron chi connectivity index (χ4n) is 2.26. The number of anilines is 1. The molecule has 0 saturated heterocycles. The number of rotatable bonds is 4. The number of carbonyl (C=O) groups excluding carboxylic acids is 2. The first-order chi connectivity index (χ1) is 11.5. The Kier molecular flexibility index (Phi) is 4.29. The predicted octanol–water partition coefficient (Wildman–Crippen LogP) is 3.41. The van der Waals surface area contributed by atoms with Crippen molar-refractivity contribution >= 4 is 23.5 Å². The normalized spacial score (nSPS) is 12.4. The summed E-state index contributed by atoms with van der Waals surface area (Å²) in [6.45, 7) is 1.48. The van der Waals surface area contributed by atoms with Crippen LogP contribution in [0.1, 0.15) is 22.8 Å². The Morgan fingerprint density at radius 3 is 2.46 bits per heavy atom. The zero-order chi connectivity index (χ0) is 17.1. The maximum Gasteiger partial charge on any atom is 0.248 e. The smallest absolute Gasteiger partial charge is 0.248 e. The summed E-state index contributed by atoms with van der Waals surface area (Å²) in [4.78, 5) is 23.8. The maximum atomic E-state index is 12.8. The third kappa shape index (κ3) is 3.43. The van der Waals surface area contributed by atoms with Crippen LogP contribution in [0.4, 0.5) is 10.1 Å². The Bertz CT molecular complexity index is 828. The van der Waals surface area contributed by atoms with Crippen LogP contribution in [-0.4, -0.2) is 18.5 Å². The molecule has 122 valence electrons. The highest BCUT2D eigenvalue weighted by atomic mass is 19.1. The number of amides is 1. The first kappa shape index (κ1) is 15.7. The third-order valence-corrected chi connectivity index (χ3v) is 3.45. The monoisotopic (exact) mass is 327 g/mol. The van der Waals surface area contributed by atoms with Gasteiger partial charge in [-0.05, 0) is 36.8 Å². The van der Waals surface area contributed by atoms with Crippen LogP contribution >= 0.6 is 0 Å². The summed E-state index contributed by atoms with van der Waals surface area (Å²) in [5.41, 5.74) is 1.37. The Hall–Kier alpha value is -3.15. The number of nitrogens with one attached hydrogen (secondary N) is 1. The number of halogens is 1. The van der Waals surface area contributed by atoms with Gasteiger partial charge in [-0.1, -0.05) is 12.1 Å². The number of hydrogen-bond donors (Lipinski definition) is 1. The van der Waals surface area contributed by atoms with Crippen molar-refractivity contribution in [1.29, 1.82) is 0 Å². The van der Waals surface area contributed by atoms with Crippen LogP contribution in [0.2, 0.25) is 0 Å². The van der Waals surface area contributed by atoms with E-state index >= 15 is 0 Å². The molecule has 1 aliphatic rings. The van der Waals surface area contributed by atoms with Gasteiger partial charge < -0.3 is 14.8 Å². The molecular formula is C18H14FNO4. The lowest BCUT2D eigenvalue weighted by atomic mass is 10.1. The zero-order valence-electron chi connectivity index (χ0n) is 12.8. The van der Waals surface area contributed by atoms with E-state index in [1.807, 2.05) is 0 Å². The molecule has 0 aliphatic carbocycles. The van der Waals surface area contributed by atoms with Crippen molar-refractivity contribution in [1.82, 2.24) is 0 Å². The summed E-state index contributed by atoms with van der Waals surface area (Å²) in [6.07, 6.45) is 2.86. The van der Waals surface area contributed by atoms with Gasteiger partial charge in [0.1, 0.15) is 5.82 Å². The second kappa shape index (κ2) is 6.54. The largest absolute Gasteiger partial charge is 0.454 e. The molecule has 24 heavy (non-hydrogen) atoms. The standard InChI is InChI=1S/C18H14FNO4/c1-11(21)14-8-16-17(24-10-23-16)9-15(14)20-18(22)7-4-12-2-5-13(19)6-3-12/h2-9H,10H2,1H3,(H,20,22)/b7-4+. The van der Waals surface area contributed by atoms with Crippen molar-refractivity contribution in [2.45, 2.75) is 6.92 Å². The van der Waals surface area contributed by atoms with E-state index in [-0.39, 0.29) is 18.4 Å². The fourth-order valence-corrected chi connectivity index (χ4v) is 2.26. The SMILES string of the molecule is CC(=O)c1cc2c(cc1NC(=O)/C=C/c1ccc(F)cc1)OCO2. The lowest BCUT2D eigenvalue weighted by Crippen LogP contribution is -2.11. The van der Waals surface area contributed by atoms with Gasteiger partial charge >= 0.3 is 0 Å². The van der Waals surface area contributed by atoms with Crippen molar-refractivity contribution in [3.05, 3.63) is 59.4 Å². The molecule has 3 rings (SSSR count). The second-order valence-electron chi connectivity index (χ2n) is 5.18. The van der Waals surface area contributed by atoms with E-state index in [9.17, 15) is 14.0 Å². The van der Waals surface area contributed by atoms with E-state index in [1.54, 1.807) is 30.3 Å². The van der Waals surface area contributed by atoms with Gasteiger partial charge in [0.25, 0.3) is 0 Å². The predicted molar refractivity (Wildman–Crippen MR) is 86.6 cm³/mol. The van der Waals surface area contributed by atoms with Crippen LogP contribution in [0.25, 0.3) is 6.08 Å². The number of ketones is 1. The van der Waals surface area contributed by atoms with Crippen LogP contribution in [0.5, 0.6) is 11.5 Å². The molecule has 0 spiro atoms. The molecule has 1 aliphatic heterocycles. The van der Waals surface area contributed by atoms with Crippen molar-refractivity contribution < 1.29 is 23.5 Å². The van der Waals surface area contributed by atoms with Crippen molar-refractivity contribution in [3.8, 4) is 11.5 Å². The summed E-state index contributed by atoms with van der Waals surface area (Å²) in [5, 5.41) is 2.65. The molecule has 1 amide bonds. The van der Waals surface area contributed by atoms with E-state index in [1.165, 1.54) is 25.1 Å². The Labute approximate surface area is 137 Å². The van der Waals surface area contributed by atoms with Crippen molar-refractivity contribution in [2.24, 2.45) is 0 Å². The minimum Gasteiger partial charge on any atom is -0.454 e. The number of benzene rings is 2. The maximum absolute atomic E-state index is 12.8. The molecule has 0 aromatic heterocycles. The van der Waals surface area contributed by atoms with Gasteiger partial charge in [-0.15, -0.1) is 0 Å². The van der Waals surface area contributed by atoms with E-state index < -0.39 is 5.91 Å². The minimum absolute atomic E-state index is 0.0779. The Balaban J connectivity index is 1.78. The van der Waals surface area contributed by atoms with E-state index in [0.29, 0.717) is 28.3 Å². The number of hydrogen-bond acceptors (Lipinski definition) is 4. The highest BCUT2D eigenvalue weighted by Gasteiger charge is 2.19. The van der Waals surface area contributed by atoms with Crippen molar-refractivity contribution in [3.63, 3.8) is 0 Å². The number of ether oxygens (including phenoxy) is 2. The zero-order valence-corrected chi connectivity index (χ0v) is 12.8. The molecule has 0 radical (unpaired) electrons.